The molecule has 0 aromatic heterocycles. The van der Waals surface area contributed by atoms with Crippen LogP contribution in [0.3, 0.4) is 0 Å². The van der Waals surface area contributed by atoms with E-state index in [4.69, 9.17) is 14.6 Å². The van der Waals surface area contributed by atoms with Gasteiger partial charge in [0.25, 0.3) is 0 Å². The largest absolute Gasteiger partial charge is 0.506 e. The number of carbonyl (C=O) groups is 1. The summed E-state index contributed by atoms with van der Waals surface area (Å²) in [4.78, 5) is 10.9. The van der Waals surface area contributed by atoms with Crippen molar-refractivity contribution in [2.24, 2.45) is 0 Å². The number of unbranched alkanes of at least 4 members (excludes halogenated alkanes) is 1. The van der Waals surface area contributed by atoms with Gasteiger partial charge in [0.2, 0.25) is 0 Å². The van der Waals surface area contributed by atoms with E-state index in [1.54, 1.807) is 13.8 Å². The van der Waals surface area contributed by atoms with Gasteiger partial charge in [-0.2, -0.15) is 0 Å². The molecule has 0 saturated carbocycles. The normalized spacial score (nSPS) is 14.6. The molecule has 0 bridgehead atoms. The second-order valence-corrected chi connectivity index (χ2v) is 5.48. The highest BCUT2D eigenvalue weighted by molar-refractivity contribution is 5.58. The molecule has 0 aliphatic rings. The van der Waals surface area contributed by atoms with E-state index in [0.29, 0.717) is 6.61 Å². The number of carboxylic acid groups (broad SMARTS) is 1. The van der Waals surface area contributed by atoms with Crippen LogP contribution in [0.5, 0.6) is 0 Å². The predicted octanol–water partition coefficient (Wildman–Crippen LogP) is 4.19. The first-order valence-electron chi connectivity index (χ1n) is 6.95. The van der Waals surface area contributed by atoms with Crippen molar-refractivity contribution in [3.8, 4) is 0 Å². The van der Waals surface area contributed by atoms with Gasteiger partial charge < -0.3 is 14.6 Å². The summed E-state index contributed by atoms with van der Waals surface area (Å²) >= 11 is 0. The van der Waals surface area contributed by atoms with Crippen molar-refractivity contribution < 1.29 is 19.4 Å². The standard InChI is InChI=1S/C16H24O4/c1-5-6-12-19-16(4,13-10-8-7-9-11-13)15(2,3)20-14(17)18/h7-11H,5-6,12H2,1-4H3,(H,17,18). The van der Waals surface area contributed by atoms with Crippen molar-refractivity contribution in [1.82, 2.24) is 0 Å². The Morgan fingerprint density at radius 3 is 2.30 bits per heavy atom. The number of hydrogen-bond acceptors (Lipinski definition) is 3. The molecule has 0 heterocycles. The maximum absolute atomic E-state index is 10.9. The zero-order valence-electron chi connectivity index (χ0n) is 12.7. The summed E-state index contributed by atoms with van der Waals surface area (Å²) in [6.07, 6.45) is 0.646. The third kappa shape index (κ3) is 3.73. The molecule has 4 heteroatoms. The van der Waals surface area contributed by atoms with Crippen LogP contribution in [-0.4, -0.2) is 23.5 Å². The molecular formula is C16H24O4. The van der Waals surface area contributed by atoms with Crippen molar-refractivity contribution in [3.63, 3.8) is 0 Å². The Balaban J connectivity index is 3.09. The molecule has 20 heavy (non-hydrogen) atoms. The highest BCUT2D eigenvalue weighted by Gasteiger charge is 2.47. The van der Waals surface area contributed by atoms with Crippen LogP contribution in [0.2, 0.25) is 0 Å². The molecule has 1 aromatic carbocycles. The van der Waals surface area contributed by atoms with Crippen molar-refractivity contribution in [1.29, 1.82) is 0 Å². The van der Waals surface area contributed by atoms with Gasteiger partial charge in [0.05, 0.1) is 0 Å². The summed E-state index contributed by atoms with van der Waals surface area (Å²) in [6.45, 7) is 8.00. The van der Waals surface area contributed by atoms with Crippen LogP contribution in [0.25, 0.3) is 0 Å². The van der Waals surface area contributed by atoms with Gasteiger partial charge in [-0.25, -0.2) is 4.79 Å². The lowest BCUT2D eigenvalue weighted by molar-refractivity contribution is -0.172. The van der Waals surface area contributed by atoms with Crippen molar-refractivity contribution >= 4 is 6.16 Å². The van der Waals surface area contributed by atoms with E-state index in [0.717, 1.165) is 18.4 Å². The molecule has 0 fully saturated rings. The zero-order valence-corrected chi connectivity index (χ0v) is 12.7. The quantitative estimate of drug-likeness (QED) is 0.601. The molecule has 0 aliphatic carbocycles. The SMILES string of the molecule is CCCCOC(C)(c1ccccc1)C(C)(C)OC(=O)O. The maximum atomic E-state index is 10.9. The minimum Gasteiger partial charge on any atom is -0.450 e. The van der Waals surface area contributed by atoms with Crippen molar-refractivity contribution in [3.05, 3.63) is 35.9 Å². The van der Waals surface area contributed by atoms with Crippen molar-refractivity contribution in [2.45, 2.75) is 51.7 Å². The highest BCUT2D eigenvalue weighted by atomic mass is 16.7. The molecule has 0 saturated heterocycles. The summed E-state index contributed by atoms with van der Waals surface area (Å²) in [7, 11) is 0. The molecule has 1 N–H and O–H groups in total. The first-order valence-corrected chi connectivity index (χ1v) is 6.95. The molecule has 0 amide bonds. The Morgan fingerprint density at radius 1 is 1.20 bits per heavy atom. The Kier molecular flexibility index (Phi) is 5.57. The molecule has 0 aliphatic heterocycles. The first kappa shape index (κ1) is 16.5. The van der Waals surface area contributed by atoms with Crippen LogP contribution < -0.4 is 0 Å². The summed E-state index contributed by atoms with van der Waals surface area (Å²) in [5, 5.41) is 8.95. The van der Waals surface area contributed by atoms with Crippen LogP contribution in [0, 0.1) is 0 Å². The van der Waals surface area contributed by atoms with E-state index in [1.165, 1.54) is 0 Å². The van der Waals surface area contributed by atoms with Crippen LogP contribution in [0.1, 0.15) is 46.1 Å². The topological polar surface area (TPSA) is 55.8 Å². The third-order valence-corrected chi connectivity index (χ3v) is 3.70. The minimum atomic E-state index is -1.30. The molecule has 0 radical (unpaired) electrons. The lowest BCUT2D eigenvalue weighted by Crippen LogP contribution is -2.50. The highest BCUT2D eigenvalue weighted by Crippen LogP contribution is 2.39. The fourth-order valence-corrected chi connectivity index (χ4v) is 2.10. The lowest BCUT2D eigenvalue weighted by atomic mass is 9.81. The molecule has 1 aromatic rings. The van der Waals surface area contributed by atoms with Gasteiger partial charge in [-0.1, -0.05) is 43.7 Å². The number of benzene rings is 1. The molecular weight excluding hydrogens is 256 g/mol. The second-order valence-electron chi connectivity index (χ2n) is 5.48. The van der Waals surface area contributed by atoms with Crippen molar-refractivity contribution in [2.75, 3.05) is 6.61 Å². The van der Waals surface area contributed by atoms with Gasteiger partial charge in [-0.3, -0.25) is 0 Å². The maximum Gasteiger partial charge on any atom is 0.506 e. The van der Waals surface area contributed by atoms with E-state index in [9.17, 15) is 4.79 Å². The average molecular weight is 280 g/mol. The van der Waals surface area contributed by atoms with Gasteiger partial charge in [0, 0.05) is 6.61 Å². The van der Waals surface area contributed by atoms with Crippen LogP contribution in [0.15, 0.2) is 30.3 Å². The summed E-state index contributed by atoms with van der Waals surface area (Å²) < 4.78 is 11.1. The predicted molar refractivity (Wildman–Crippen MR) is 77.8 cm³/mol. The number of ether oxygens (including phenoxy) is 2. The summed E-state index contributed by atoms with van der Waals surface area (Å²) in [5.74, 6) is 0. The number of rotatable bonds is 7. The monoisotopic (exact) mass is 280 g/mol. The van der Waals surface area contributed by atoms with Gasteiger partial charge in [0.1, 0.15) is 11.2 Å². The van der Waals surface area contributed by atoms with Crippen LogP contribution >= 0.6 is 0 Å². The Hall–Kier alpha value is -1.55. The average Bonchev–Trinajstić information content (AvgIpc) is 2.38. The zero-order chi connectivity index (χ0) is 15.2. The van der Waals surface area contributed by atoms with E-state index in [-0.39, 0.29) is 0 Å². The summed E-state index contributed by atoms with van der Waals surface area (Å²) in [6, 6.07) is 9.60. The molecule has 4 nitrogen and oxygen atoms in total. The molecule has 1 atom stereocenters. The van der Waals surface area contributed by atoms with E-state index in [1.807, 2.05) is 37.3 Å². The summed E-state index contributed by atoms with van der Waals surface area (Å²) in [5.41, 5.74) is -0.919. The van der Waals surface area contributed by atoms with E-state index in [2.05, 4.69) is 6.92 Å². The molecule has 112 valence electrons. The molecule has 0 spiro atoms. The fourth-order valence-electron chi connectivity index (χ4n) is 2.10. The molecule has 1 rings (SSSR count). The Morgan fingerprint density at radius 2 is 1.80 bits per heavy atom. The van der Waals surface area contributed by atoms with Gasteiger partial charge in [0.15, 0.2) is 0 Å². The third-order valence-electron chi connectivity index (χ3n) is 3.70. The minimum absolute atomic E-state index is 0.564. The van der Waals surface area contributed by atoms with E-state index >= 15 is 0 Å². The smallest absolute Gasteiger partial charge is 0.450 e. The van der Waals surface area contributed by atoms with Crippen LogP contribution in [0.4, 0.5) is 4.79 Å². The Labute approximate surface area is 120 Å². The fraction of sp³-hybridized carbons (Fsp3) is 0.562. The lowest BCUT2D eigenvalue weighted by Gasteiger charge is -2.42. The van der Waals surface area contributed by atoms with Crippen LogP contribution in [-0.2, 0) is 15.1 Å². The van der Waals surface area contributed by atoms with E-state index < -0.39 is 17.4 Å². The Bertz CT molecular complexity index is 427. The molecule has 1 unspecified atom stereocenters. The van der Waals surface area contributed by atoms with Gasteiger partial charge >= 0.3 is 6.16 Å². The first-order chi connectivity index (χ1) is 9.33. The number of hydrogen-bond donors (Lipinski definition) is 1. The van der Waals surface area contributed by atoms with Gasteiger partial charge in [-0.05, 0) is 32.8 Å². The van der Waals surface area contributed by atoms with Gasteiger partial charge in [-0.15, -0.1) is 0 Å². The second kappa shape index (κ2) is 6.75.